The fourth-order valence-corrected chi connectivity index (χ4v) is 1.27. The molecular formula is C8H10FNO4S. The van der Waals surface area contributed by atoms with Crippen LogP contribution in [0, 0.1) is 5.82 Å². The van der Waals surface area contributed by atoms with Crippen molar-refractivity contribution in [3.05, 3.63) is 29.6 Å². The Morgan fingerprint density at radius 2 is 2.13 bits per heavy atom. The Morgan fingerprint density at radius 3 is 2.67 bits per heavy atom. The Labute approximate surface area is 86.9 Å². The number of halogens is 1. The van der Waals surface area contributed by atoms with Crippen molar-refractivity contribution in [1.82, 2.24) is 0 Å². The molecule has 0 radical (unpaired) electrons. The smallest absolute Gasteiger partial charge is 0.333 e. The third kappa shape index (κ3) is 3.82. The molecule has 1 rings (SSSR count). The molecule has 0 amide bonds. The van der Waals surface area contributed by atoms with Gasteiger partial charge in [-0.15, -0.1) is 0 Å². The Balaban J connectivity index is 2.85. The minimum absolute atomic E-state index is 0.207. The van der Waals surface area contributed by atoms with Gasteiger partial charge in [-0.2, -0.15) is 8.42 Å². The molecule has 0 aliphatic heterocycles. The van der Waals surface area contributed by atoms with Crippen molar-refractivity contribution in [3.8, 4) is 5.75 Å². The largest absolute Gasteiger partial charge is 0.496 e. The van der Waals surface area contributed by atoms with E-state index >= 15 is 0 Å². The molecule has 5 nitrogen and oxygen atoms in total. The van der Waals surface area contributed by atoms with Crippen LogP contribution in [0.15, 0.2) is 18.2 Å². The first-order valence-electron chi connectivity index (χ1n) is 3.92. The minimum Gasteiger partial charge on any atom is -0.496 e. The third-order valence-corrected chi connectivity index (χ3v) is 2.07. The van der Waals surface area contributed by atoms with Crippen LogP contribution in [0.5, 0.6) is 5.75 Å². The maximum absolute atomic E-state index is 12.7. The van der Waals surface area contributed by atoms with Crippen LogP contribution in [0.1, 0.15) is 5.56 Å². The molecule has 0 unspecified atom stereocenters. The Bertz CT molecular complexity index is 446. The molecule has 0 saturated carbocycles. The van der Waals surface area contributed by atoms with Crippen molar-refractivity contribution < 1.29 is 21.7 Å². The molecule has 0 saturated heterocycles. The fourth-order valence-electron chi connectivity index (χ4n) is 0.983. The summed E-state index contributed by atoms with van der Waals surface area (Å²) in [6.07, 6.45) is 0. The van der Waals surface area contributed by atoms with Crippen LogP contribution in [0.3, 0.4) is 0 Å². The lowest BCUT2D eigenvalue weighted by atomic mass is 10.2. The van der Waals surface area contributed by atoms with E-state index in [0.29, 0.717) is 5.56 Å². The van der Waals surface area contributed by atoms with E-state index in [-0.39, 0.29) is 12.4 Å². The summed E-state index contributed by atoms with van der Waals surface area (Å²) in [6.45, 7) is -0.289. The van der Waals surface area contributed by atoms with Gasteiger partial charge in [0.05, 0.1) is 13.7 Å². The summed E-state index contributed by atoms with van der Waals surface area (Å²) in [5, 5.41) is 4.64. The third-order valence-electron chi connectivity index (χ3n) is 1.63. The lowest BCUT2D eigenvalue weighted by molar-refractivity contribution is 0.299. The summed E-state index contributed by atoms with van der Waals surface area (Å²) in [5.74, 6) is -0.273. The molecule has 1 aromatic carbocycles. The molecule has 0 bridgehead atoms. The normalized spacial score (nSPS) is 11.4. The zero-order chi connectivity index (χ0) is 11.5. The Kier molecular flexibility index (Phi) is 3.61. The van der Waals surface area contributed by atoms with Crippen molar-refractivity contribution in [2.75, 3.05) is 7.11 Å². The van der Waals surface area contributed by atoms with E-state index in [1.807, 2.05) is 0 Å². The first-order valence-corrected chi connectivity index (χ1v) is 5.39. The second-order valence-electron chi connectivity index (χ2n) is 2.71. The van der Waals surface area contributed by atoms with Crippen LogP contribution in [0.2, 0.25) is 0 Å². The molecule has 2 N–H and O–H groups in total. The molecule has 0 spiro atoms. The lowest BCUT2D eigenvalue weighted by Crippen LogP contribution is -2.15. The molecular weight excluding hydrogens is 225 g/mol. The van der Waals surface area contributed by atoms with Gasteiger partial charge in [0.25, 0.3) is 0 Å². The monoisotopic (exact) mass is 235 g/mol. The molecule has 84 valence electrons. The Morgan fingerprint density at radius 1 is 1.47 bits per heavy atom. The summed E-state index contributed by atoms with van der Waals surface area (Å²) in [6, 6.07) is 3.66. The van der Waals surface area contributed by atoms with Gasteiger partial charge in [0.1, 0.15) is 11.6 Å². The lowest BCUT2D eigenvalue weighted by Gasteiger charge is -2.07. The zero-order valence-electron chi connectivity index (χ0n) is 7.94. The molecule has 15 heavy (non-hydrogen) atoms. The summed E-state index contributed by atoms with van der Waals surface area (Å²) in [5.41, 5.74) is 0.396. The fraction of sp³-hybridized carbons (Fsp3) is 0.250. The molecule has 0 aliphatic rings. The van der Waals surface area contributed by atoms with Gasteiger partial charge in [-0.25, -0.2) is 9.53 Å². The van der Waals surface area contributed by atoms with E-state index < -0.39 is 16.1 Å². The number of rotatable bonds is 4. The van der Waals surface area contributed by atoms with E-state index in [4.69, 9.17) is 4.74 Å². The predicted octanol–water partition coefficient (Wildman–Crippen LogP) is 0.554. The number of hydrogen-bond donors (Lipinski definition) is 1. The topological polar surface area (TPSA) is 78.6 Å². The molecule has 0 fully saturated rings. The Hall–Kier alpha value is -1.18. The van der Waals surface area contributed by atoms with Crippen LogP contribution < -0.4 is 9.88 Å². The summed E-state index contributed by atoms with van der Waals surface area (Å²) < 4.78 is 42.9. The van der Waals surface area contributed by atoms with Gasteiger partial charge < -0.3 is 4.74 Å². The van der Waals surface area contributed by atoms with Crippen molar-refractivity contribution in [3.63, 3.8) is 0 Å². The summed E-state index contributed by atoms with van der Waals surface area (Å²) in [7, 11) is -2.66. The van der Waals surface area contributed by atoms with Crippen LogP contribution in [0.25, 0.3) is 0 Å². The van der Waals surface area contributed by atoms with Crippen LogP contribution >= 0.6 is 0 Å². The number of nitrogens with two attached hydrogens (primary N) is 1. The van der Waals surface area contributed by atoms with Gasteiger partial charge in [0, 0.05) is 11.6 Å². The van der Waals surface area contributed by atoms with Crippen molar-refractivity contribution >= 4 is 10.3 Å². The SMILES string of the molecule is COc1cc(F)ccc1COS(N)(=O)=O. The molecule has 0 aliphatic carbocycles. The van der Waals surface area contributed by atoms with Crippen LogP contribution in [-0.2, 0) is 21.1 Å². The molecule has 0 atom stereocenters. The number of methoxy groups -OCH3 is 1. The first kappa shape index (κ1) is 11.9. The summed E-state index contributed by atoms with van der Waals surface area (Å²) in [4.78, 5) is 0. The predicted molar refractivity (Wildman–Crippen MR) is 50.8 cm³/mol. The summed E-state index contributed by atoms with van der Waals surface area (Å²) >= 11 is 0. The highest BCUT2D eigenvalue weighted by Gasteiger charge is 2.08. The van der Waals surface area contributed by atoms with Gasteiger partial charge in [-0.3, -0.25) is 4.18 Å². The number of benzene rings is 1. The zero-order valence-corrected chi connectivity index (χ0v) is 8.75. The second kappa shape index (κ2) is 4.56. The molecule has 7 heteroatoms. The molecule has 0 aromatic heterocycles. The van der Waals surface area contributed by atoms with E-state index in [1.165, 1.54) is 19.2 Å². The van der Waals surface area contributed by atoms with Crippen molar-refractivity contribution in [2.24, 2.45) is 5.14 Å². The van der Waals surface area contributed by atoms with Crippen molar-refractivity contribution in [1.29, 1.82) is 0 Å². The number of hydrogen-bond acceptors (Lipinski definition) is 4. The van der Waals surface area contributed by atoms with E-state index in [1.54, 1.807) is 0 Å². The highest BCUT2D eigenvalue weighted by atomic mass is 32.2. The molecule has 1 aromatic rings. The quantitative estimate of drug-likeness (QED) is 0.826. The van der Waals surface area contributed by atoms with Crippen molar-refractivity contribution in [2.45, 2.75) is 6.61 Å². The highest BCUT2D eigenvalue weighted by molar-refractivity contribution is 7.84. The van der Waals surface area contributed by atoms with E-state index in [0.717, 1.165) is 6.07 Å². The molecule has 0 heterocycles. The maximum Gasteiger partial charge on any atom is 0.333 e. The highest BCUT2D eigenvalue weighted by Crippen LogP contribution is 2.20. The average Bonchev–Trinajstić information content (AvgIpc) is 2.14. The van der Waals surface area contributed by atoms with E-state index in [9.17, 15) is 12.8 Å². The average molecular weight is 235 g/mol. The van der Waals surface area contributed by atoms with Gasteiger partial charge in [-0.1, -0.05) is 6.07 Å². The minimum atomic E-state index is -4.01. The van der Waals surface area contributed by atoms with Crippen LogP contribution in [-0.4, -0.2) is 15.5 Å². The first-order chi connectivity index (χ1) is 6.92. The van der Waals surface area contributed by atoms with Gasteiger partial charge in [0.15, 0.2) is 0 Å². The maximum atomic E-state index is 12.7. The van der Waals surface area contributed by atoms with Gasteiger partial charge in [-0.05, 0) is 6.07 Å². The second-order valence-corrected chi connectivity index (χ2v) is 3.93. The number of ether oxygens (including phenoxy) is 1. The van der Waals surface area contributed by atoms with Gasteiger partial charge >= 0.3 is 10.3 Å². The van der Waals surface area contributed by atoms with Crippen LogP contribution in [0.4, 0.5) is 4.39 Å². The standard InChI is InChI=1S/C8H10FNO4S/c1-13-8-4-7(9)3-2-6(8)5-14-15(10,11)12/h2-4H,5H2,1H3,(H2,10,11,12). The van der Waals surface area contributed by atoms with E-state index in [2.05, 4.69) is 9.32 Å². The van der Waals surface area contributed by atoms with Gasteiger partial charge in [0.2, 0.25) is 0 Å².